The van der Waals surface area contributed by atoms with Gasteiger partial charge in [0.25, 0.3) is 0 Å². The van der Waals surface area contributed by atoms with E-state index < -0.39 is 0 Å². The number of hydrogen-bond acceptors (Lipinski definition) is 2. The van der Waals surface area contributed by atoms with Gasteiger partial charge in [0.1, 0.15) is 6.29 Å². The Kier molecular flexibility index (Phi) is 6.32. The van der Waals surface area contributed by atoms with Gasteiger partial charge < -0.3 is 9.90 Å². The molecular formula is C6H12O2. The second-order valence-corrected chi connectivity index (χ2v) is 1.76. The van der Waals surface area contributed by atoms with Crippen molar-refractivity contribution in [1.82, 2.24) is 0 Å². The molecule has 0 amide bonds. The van der Waals surface area contributed by atoms with Crippen molar-refractivity contribution in [2.45, 2.75) is 25.7 Å². The van der Waals surface area contributed by atoms with E-state index in [1.165, 1.54) is 25.7 Å². The Morgan fingerprint density at radius 3 is 1.50 bits per heavy atom. The largest absolute Gasteiger partial charge is 0.389 e. The molecule has 0 spiro atoms. The van der Waals surface area contributed by atoms with Crippen LogP contribution in [0.4, 0.5) is 0 Å². The van der Waals surface area contributed by atoms with Gasteiger partial charge in [-0.2, -0.15) is 0 Å². The third-order valence-electron chi connectivity index (χ3n) is 1.07. The summed E-state index contributed by atoms with van der Waals surface area (Å²) in [6.45, 7) is -0.361. The van der Waals surface area contributed by atoms with Crippen LogP contribution in [0.5, 0.6) is 0 Å². The van der Waals surface area contributed by atoms with Crippen LogP contribution < -0.4 is 0 Å². The van der Waals surface area contributed by atoms with E-state index in [4.69, 9.17) is 9.90 Å². The van der Waals surface area contributed by atoms with Crippen LogP contribution in [0.3, 0.4) is 0 Å². The number of carbonyl (C=O) groups excluding carboxylic acids is 1. The van der Waals surface area contributed by atoms with Gasteiger partial charge in [-0.05, 0) is 0 Å². The lowest BCUT2D eigenvalue weighted by Gasteiger charge is -2.05. The molecule has 0 unspecified atom stereocenters. The van der Waals surface area contributed by atoms with E-state index in [-0.39, 0.29) is 6.61 Å². The highest BCUT2D eigenvalue weighted by molar-refractivity contribution is 5.49. The molecule has 0 aromatic heterocycles. The van der Waals surface area contributed by atoms with Gasteiger partial charge >= 0.3 is 0 Å². The maximum atomic E-state index is 8.92. The zero-order valence-corrected chi connectivity index (χ0v) is 4.97. The number of hydrogen-bond donors (Lipinski definition) is 1. The van der Waals surface area contributed by atoms with E-state index in [1.807, 2.05) is 0 Å². The summed E-state index contributed by atoms with van der Waals surface area (Å²) in [6, 6.07) is 0. The van der Waals surface area contributed by atoms with Crippen molar-refractivity contribution in [2.24, 2.45) is 0 Å². The van der Waals surface area contributed by atoms with E-state index in [0.29, 0.717) is 6.29 Å². The van der Waals surface area contributed by atoms with E-state index in [9.17, 15) is 0 Å². The number of carbonyl (C=O) groups is 1. The molecule has 1 rings (SSSR count). The first-order chi connectivity index (χ1) is 3.91. The first-order valence-electron chi connectivity index (χ1n) is 2.96. The summed E-state index contributed by atoms with van der Waals surface area (Å²) in [4.78, 5) is 8.92. The summed E-state index contributed by atoms with van der Waals surface area (Å²) in [6.07, 6.45) is 6.43. The summed E-state index contributed by atoms with van der Waals surface area (Å²) < 4.78 is 0. The topological polar surface area (TPSA) is 37.3 Å². The summed E-state index contributed by atoms with van der Waals surface area (Å²) >= 11 is 0. The molecule has 0 aromatic rings. The van der Waals surface area contributed by atoms with E-state index in [1.54, 1.807) is 0 Å². The zero-order chi connectivity index (χ0) is 6.24. The average molecular weight is 116 g/mol. The molecule has 0 aliphatic heterocycles. The van der Waals surface area contributed by atoms with Gasteiger partial charge in [-0.15, -0.1) is 0 Å². The van der Waals surface area contributed by atoms with Crippen molar-refractivity contribution >= 4 is 6.29 Å². The number of aliphatic hydroxyl groups is 1. The molecule has 0 radical (unpaired) electrons. The molecule has 2 heteroatoms. The maximum absolute atomic E-state index is 8.92. The van der Waals surface area contributed by atoms with Gasteiger partial charge in [-0.1, -0.05) is 25.7 Å². The molecule has 0 aromatic carbocycles. The highest BCUT2D eigenvalue weighted by Gasteiger charge is 1.95. The molecule has 48 valence electrons. The number of aldehydes is 1. The van der Waals surface area contributed by atoms with E-state index in [2.05, 4.69) is 0 Å². The van der Waals surface area contributed by atoms with Gasteiger partial charge in [0, 0.05) is 0 Å². The summed E-state index contributed by atoms with van der Waals surface area (Å²) in [7, 11) is 0. The van der Waals surface area contributed by atoms with Crippen LogP contribution >= 0.6 is 0 Å². The van der Waals surface area contributed by atoms with Gasteiger partial charge in [0.2, 0.25) is 0 Å². The Morgan fingerprint density at radius 2 is 1.50 bits per heavy atom. The number of aliphatic hydroxyl groups excluding tert-OH is 1. The maximum Gasteiger partial charge on any atom is 0.145 e. The van der Waals surface area contributed by atoms with Crippen molar-refractivity contribution in [3.05, 3.63) is 0 Å². The minimum atomic E-state index is -0.361. The predicted molar refractivity (Wildman–Crippen MR) is 31.6 cm³/mol. The van der Waals surface area contributed by atoms with E-state index >= 15 is 0 Å². The van der Waals surface area contributed by atoms with Crippen LogP contribution in [0, 0.1) is 0 Å². The van der Waals surface area contributed by atoms with Gasteiger partial charge in [-0.3, -0.25) is 0 Å². The smallest absolute Gasteiger partial charge is 0.145 e. The molecule has 1 saturated carbocycles. The predicted octanol–water partition coefficient (Wildman–Crippen LogP) is 0.738. The van der Waals surface area contributed by atoms with E-state index in [0.717, 1.165) is 0 Å². The second kappa shape index (κ2) is 6.63. The summed E-state index contributed by atoms with van der Waals surface area (Å²) in [5.41, 5.74) is 0. The Bertz CT molecular complexity index is 44.5. The minimum absolute atomic E-state index is 0.361. The minimum Gasteiger partial charge on any atom is -0.389 e. The molecule has 0 saturated heterocycles. The van der Waals surface area contributed by atoms with Crippen molar-refractivity contribution < 1.29 is 9.90 Å². The molecule has 0 atom stereocenters. The third kappa shape index (κ3) is 5.63. The van der Waals surface area contributed by atoms with Crippen molar-refractivity contribution in [3.8, 4) is 0 Å². The highest BCUT2D eigenvalue weighted by Crippen LogP contribution is 2.15. The summed E-state index contributed by atoms with van der Waals surface area (Å²) in [5.74, 6) is 0. The first kappa shape index (κ1) is 7.63. The Hall–Kier alpha value is -0.370. The number of rotatable bonds is 1. The summed E-state index contributed by atoms with van der Waals surface area (Å²) in [5, 5.41) is 7.51. The van der Waals surface area contributed by atoms with Crippen molar-refractivity contribution in [3.63, 3.8) is 0 Å². The van der Waals surface area contributed by atoms with Crippen LogP contribution in [0.1, 0.15) is 25.7 Å². The molecule has 0 bridgehead atoms. The lowest BCUT2D eigenvalue weighted by Crippen LogP contribution is -1.85. The molecule has 1 fully saturated rings. The Morgan fingerprint density at radius 1 is 1.25 bits per heavy atom. The van der Waals surface area contributed by atoms with Crippen LogP contribution in [0.15, 0.2) is 0 Å². The molecule has 1 N–H and O–H groups in total. The second-order valence-electron chi connectivity index (χ2n) is 1.76. The van der Waals surface area contributed by atoms with Gasteiger partial charge in [-0.25, -0.2) is 0 Å². The SMILES string of the molecule is C1CCC1.O=CCO. The van der Waals surface area contributed by atoms with Crippen molar-refractivity contribution in [1.29, 1.82) is 0 Å². The fourth-order valence-electron chi connectivity index (χ4n) is 0.250. The normalized spacial score (nSPS) is 15.1. The monoisotopic (exact) mass is 116 g/mol. The molecule has 8 heavy (non-hydrogen) atoms. The molecular weight excluding hydrogens is 104 g/mol. The highest BCUT2D eigenvalue weighted by atomic mass is 16.3. The average Bonchev–Trinajstić information content (AvgIpc) is 1.61. The standard InChI is InChI=1S/C4H8.C2H4O2/c1-2-4-3-1;3-1-2-4/h1-4H2;1,4H,2H2. The molecule has 2 nitrogen and oxygen atoms in total. The third-order valence-corrected chi connectivity index (χ3v) is 1.07. The lowest BCUT2D eigenvalue weighted by molar-refractivity contribution is -0.110. The van der Waals surface area contributed by atoms with Crippen LogP contribution in [-0.2, 0) is 4.79 Å². The Labute approximate surface area is 49.5 Å². The van der Waals surface area contributed by atoms with Crippen LogP contribution in [-0.4, -0.2) is 18.0 Å². The van der Waals surface area contributed by atoms with Gasteiger partial charge in [0.15, 0.2) is 0 Å². The first-order valence-corrected chi connectivity index (χ1v) is 2.96. The fraction of sp³-hybridized carbons (Fsp3) is 0.833. The zero-order valence-electron chi connectivity index (χ0n) is 4.97. The van der Waals surface area contributed by atoms with Gasteiger partial charge in [0.05, 0.1) is 6.61 Å². The fourth-order valence-corrected chi connectivity index (χ4v) is 0.250. The molecule has 1 aliphatic carbocycles. The Balaban J connectivity index is 0.000000122. The van der Waals surface area contributed by atoms with Crippen LogP contribution in [0.25, 0.3) is 0 Å². The quantitative estimate of drug-likeness (QED) is 0.513. The molecule has 1 aliphatic rings. The van der Waals surface area contributed by atoms with Crippen molar-refractivity contribution in [2.75, 3.05) is 6.61 Å². The molecule has 0 heterocycles. The lowest BCUT2D eigenvalue weighted by atomic mass is 10.0. The van der Waals surface area contributed by atoms with Crippen LogP contribution in [0.2, 0.25) is 0 Å².